The van der Waals surface area contributed by atoms with Crippen LogP contribution in [0, 0.1) is 5.41 Å². The highest BCUT2D eigenvalue weighted by atomic mass is 32.2. The minimum absolute atomic E-state index is 0.0819. The van der Waals surface area contributed by atoms with Gasteiger partial charge in [-0.3, -0.25) is 0 Å². The smallest absolute Gasteiger partial charge is 0.119 e. The summed E-state index contributed by atoms with van der Waals surface area (Å²) in [7, 11) is 0. The normalized spacial score (nSPS) is 11.3. The number of nitrogens with two attached hydrogens (primary N) is 1. The van der Waals surface area contributed by atoms with E-state index in [1.165, 1.54) is 4.90 Å². The summed E-state index contributed by atoms with van der Waals surface area (Å²) in [6, 6.07) is 8.15. The minimum atomic E-state index is -0.0819. The largest absolute Gasteiger partial charge is 0.494 e. The quantitative estimate of drug-likeness (QED) is 0.468. The molecule has 0 radical (unpaired) electrons. The molecule has 18 heavy (non-hydrogen) atoms. The third-order valence-corrected chi connectivity index (χ3v) is 4.24. The average molecular weight is 283 g/mol. The summed E-state index contributed by atoms with van der Waals surface area (Å²) in [5.41, 5.74) is 5.60. The topological polar surface area (TPSA) is 35.2 Å². The van der Waals surface area contributed by atoms with E-state index >= 15 is 0 Å². The zero-order valence-electron chi connectivity index (χ0n) is 11.2. The van der Waals surface area contributed by atoms with E-state index in [-0.39, 0.29) is 5.41 Å². The van der Waals surface area contributed by atoms with E-state index in [9.17, 15) is 0 Å². The van der Waals surface area contributed by atoms with E-state index in [2.05, 4.69) is 32.2 Å². The Labute approximate surface area is 119 Å². The highest BCUT2D eigenvalue weighted by Gasteiger charge is 2.20. The Morgan fingerprint density at radius 3 is 2.44 bits per heavy atom. The van der Waals surface area contributed by atoms with E-state index in [1.807, 2.05) is 12.1 Å². The van der Waals surface area contributed by atoms with Gasteiger partial charge in [0.1, 0.15) is 5.75 Å². The van der Waals surface area contributed by atoms with Crippen LogP contribution in [0.2, 0.25) is 0 Å². The highest BCUT2D eigenvalue weighted by molar-refractivity contribution is 7.98. The first-order valence-corrected chi connectivity index (χ1v) is 7.66. The molecule has 0 fully saturated rings. The van der Waals surface area contributed by atoms with Crippen molar-refractivity contribution in [2.24, 2.45) is 11.1 Å². The molecule has 0 aliphatic heterocycles. The van der Waals surface area contributed by atoms with Crippen molar-refractivity contribution in [3.8, 4) is 5.75 Å². The van der Waals surface area contributed by atoms with Crippen LogP contribution in [-0.2, 0) is 0 Å². The maximum Gasteiger partial charge on any atom is 0.119 e. The Kier molecular flexibility index (Phi) is 5.96. The summed E-state index contributed by atoms with van der Waals surface area (Å²) in [5.74, 6) is 0.918. The lowest BCUT2D eigenvalue weighted by molar-refractivity contribution is 0.287. The number of rotatable bonds is 7. The SMILES string of the molecule is CSc1ccc(OCCCC(C)(C)C(N)=S)cc1. The molecule has 0 aromatic heterocycles. The summed E-state index contributed by atoms with van der Waals surface area (Å²) in [4.78, 5) is 1.82. The third kappa shape index (κ3) is 4.86. The summed E-state index contributed by atoms with van der Waals surface area (Å²) in [5, 5.41) is 0. The Morgan fingerprint density at radius 1 is 1.33 bits per heavy atom. The molecule has 0 unspecified atom stereocenters. The number of thiocarbonyl (C=S) groups is 1. The zero-order valence-corrected chi connectivity index (χ0v) is 12.9. The Hall–Kier alpha value is -0.740. The van der Waals surface area contributed by atoms with Gasteiger partial charge in [0.05, 0.1) is 11.6 Å². The van der Waals surface area contributed by atoms with Gasteiger partial charge in [-0.2, -0.15) is 0 Å². The van der Waals surface area contributed by atoms with Gasteiger partial charge in [0.25, 0.3) is 0 Å². The average Bonchev–Trinajstić information content (AvgIpc) is 2.35. The van der Waals surface area contributed by atoms with E-state index in [0.717, 1.165) is 18.6 Å². The van der Waals surface area contributed by atoms with Crippen LogP contribution >= 0.6 is 24.0 Å². The van der Waals surface area contributed by atoms with Crippen molar-refractivity contribution >= 4 is 29.0 Å². The van der Waals surface area contributed by atoms with Gasteiger partial charge in [0.15, 0.2) is 0 Å². The molecule has 0 heterocycles. The molecule has 0 aliphatic rings. The van der Waals surface area contributed by atoms with Crippen molar-refractivity contribution in [2.75, 3.05) is 12.9 Å². The second-order valence-electron chi connectivity index (χ2n) is 4.88. The summed E-state index contributed by atoms with van der Waals surface area (Å²) >= 11 is 6.77. The lowest BCUT2D eigenvalue weighted by atomic mass is 9.88. The molecular formula is C14H21NOS2. The summed E-state index contributed by atoms with van der Waals surface area (Å²) < 4.78 is 5.69. The van der Waals surface area contributed by atoms with Crippen LogP contribution in [0.5, 0.6) is 5.75 Å². The van der Waals surface area contributed by atoms with Crippen LogP contribution in [0.25, 0.3) is 0 Å². The molecular weight excluding hydrogens is 262 g/mol. The maximum absolute atomic E-state index is 5.69. The highest BCUT2D eigenvalue weighted by Crippen LogP contribution is 2.23. The van der Waals surface area contributed by atoms with Gasteiger partial charge in [0.2, 0.25) is 0 Å². The predicted molar refractivity (Wildman–Crippen MR) is 83.5 cm³/mol. The molecule has 0 saturated carbocycles. The van der Waals surface area contributed by atoms with Gasteiger partial charge < -0.3 is 10.5 Å². The van der Waals surface area contributed by atoms with E-state index < -0.39 is 0 Å². The monoisotopic (exact) mass is 283 g/mol. The molecule has 1 aromatic rings. The van der Waals surface area contributed by atoms with E-state index in [1.54, 1.807) is 11.8 Å². The van der Waals surface area contributed by atoms with Crippen LogP contribution < -0.4 is 10.5 Å². The fourth-order valence-corrected chi connectivity index (χ4v) is 2.01. The lowest BCUT2D eigenvalue weighted by Crippen LogP contribution is -2.30. The number of ether oxygens (including phenoxy) is 1. The molecule has 0 saturated heterocycles. The number of hydrogen-bond donors (Lipinski definition) is 1. The van der Waals surface area contributed by atoms with Crippen molar-refractivity contribution in [2.45, 2.75) is 31.6 Å². The predicted octanol–water partition coefficient (Wildman–Crippen LogP) is 3.88. The first-order valence-electron chi connectivity index (χ1n) is 6.02. The molecule has 1 rings (SSSR count). The Bertz CT molecular complexity index is 387. The number of thioether (sulfide) groups is 1. The van der Waals surface area contributed by atoms with Crippen LogP contribution in [0.15, 0.2) is 29.2 Å². The van der Waals surface area contributed by atoms with Gasteiger partial charge in [0, 0.05) is 10.3 Å². The van der Waals surface area contributed by atoms with Crippen molar-refractivity contribution in [3.05, 3.63) is 24.3 Å². The first-order chi connectivity index (χ1) is 8.45. The molecule has 2 nitrogen and oxygen atoms in total. The molecule has 2 N–H and O–H groups in total. The van der Waals surface area contributed by atoms with Crippen molar-refractivity contribution in [3.63, 3.8) is 0 Å². The summed E-state index contributed by atoms with van der Waals surface area (Å²) in [6.45, 7) is 4.84. The second kappa shape index (κ2) is 7.00. The Morgan fingerprint density at radius 2 is 1.94 bits per heavy atom. The third-order valence-electron chi connectivity index (χ3n) is 2.94. The van der Waals surface area contributed by atoms with E-state index in [0.29, 0.717) is 11.6 Å². The fourth-order valence-electron chi connectivity index (χ4n) is 1.50. The van der Waals surface area contributed by atoms with Crippen molar-refractivity contribution in [1.82, 2.24) is 0 Å². The first kappa shape index (κ1) is 15.3. The van der Waals surface area contributed by atoms with Gasteiger partial charge in [-0.25, -0.2) is 0 Å². The van der Waals surface area contributed by atoms with Gasteiger partial charge in [-0.15, -0.1) is 11.8 Å². The Balaban J connectivity index is 2.31. The second-order valence-corrected chi connectivity index (χ2v) is 6.20. The van der Waals surface area contributed by atoms with Crippen molar-refractivity contribution in [1.29, 1.82) is 0 Å². The van der Waals surface area contributed by atoms with Gasteiger partial charge in [-0.05, 0) is 43.4 Å². The van der Waals surface area contributed by atoms with Crippen LogP contribution in [0.1, 0.15) is 26.7 Å². The molecule has 0 bridgehead atoms. The van der Waals surface area contributed by atoms with Crippen molar-refractivity contribution < 1.29 is 4.74 Å². The van der Waals surface area contributed by atoms with Crippen LogP contribution in [0.4, 0.5) is 0 Å². The molecule has 0 aliphatic carbocycles. The standard InChI is InChI=1S/C14H21NOS2/c1-14(2,13(15)17)9-4-10-16-11-5-7-12(18-3)8-6-11/h5-8H,4,9-10H2,1-3H3,(H2,15,17). The lowest BCUT2D eigenvalue weighted by Gasteiger charge is -2.22. The molecule has 4 heteroatoms. The molecule has 0 amide bonds. The van der Waals surface area contributed by atoms with Gasteiger partial charge in [-0.1, -0.05) is 26.1 Å². The fraction of sp³-hybridized carbons (Fsp3) is 0.500. The molecule has 1 aromatic carbocycles. The van der Waals surface area contributed by atoms with Crippen LogP contribution in [0.3, 0.4) is 0 Å². The number of hydrogen-bond acceptors (Lipinski definition) is 3. The van der Waals surface area contributed by atoms with E-state index in [4.69, 9.17) is 22.7 Å². The van der Waals surface area contributed by atoms with Gasteiger partial charge >= 0.3 is 0 Å². The molecule has 0 spiro atoms. The minimum Gasteiger partial charge on any atom is -0.494 e. The zero-order chi connectivity index (χ0) is 13.6. The number of benzene rings is 1. The molecule has 100 valence electrons. The molecule has 0 atom stereocenters. The summed E-state index contributed by atoms with van der Waals surface area (Å²) in [6.07, 6.45) is 3.97. The maximum atomic E-state index is 5.69. The van der Waals surface area contributed by atoms with Crippen LogP contribution in [-0.4, -0.2) is 17.9 Å².